The summed E-state index contributed by atoms with van der Waals surface area (Å²) in [5.74, 6) is -0.109. The van der Waals surface area contributed by atoms with E-state index in [1.807, 2.05) is 12.1 Å². The molecule has 2 heterocycles. The first-order valence-electron chi connectivity index (χ1n) is 9.65. The van der Waals surface area contributed by atoms with Crippen molar-refractivity contribution in [2.24, 2.45) is 5.73 Å². The van der Waals surface area contributed by atoms with E-state index in [1.165, 1.54) is 29.5 Å². The van der Waals surface area contributed by atoms with Crippen molar-refractivity contribution in [2.75, 3.05) is 7.11 Å². The predicted octanol–water partition coefficient (Wildman–Crippen LogP) is 4.79. The van der Waals surface area contributed by atoms with Crippen molar-refractivity contribution in [1.82, 2.24) is 9.97 Å². The van der Waals surface area contributed by atoms with Crippen LogP contribution < -0.4 is 10.5 Å². The Morgan fingerprint density at radius 1 is 1.25 bits per heavy atom. The maximum Gasteiger partial charge on any atom is 0.165 e. The minimum Gasteiger partial charge on any atom is -0.494 e. The molecular formula is C23H22FN3O. The summed E-state index contributed by atoms with van der Waals surface area (Å²) in [5, 5.41) is 2.42. The molecule has 3 N–H and O–H groups in total. The van der Waals surface area contributed by atoms with Crippen molar-refractivity contribution >= 4 is 21.8 Å². The van der Waals surface area contributed by atoms with Gasteiger partial charge >= 0.3 is 0 Å². The molecule has 0 saturated heterocycles. The summed E-state index contributed by atoms with van der Waals surface area (Å²) >= 11 is 0. The number of methoxy groups -OCH3 is 1. The van der Waals surface area contributed by atoms with Gasteiger partial charge in [-0.2, -0.15) is 0 Å². The number of ether oxygens (including phenoxy) is 1. The number of aromatic nitrogens is 2. The number of nitrogens with two attached hydrogens (primary N) is 1. The minimum atomic E-state index is -0.359. The van der Waals surface area contributed by atoms with Gasteiger partial charge in [0.15, 0.2) is 11.6 Å². The zero-order valence-electron chi connectivity index (χ0n) is 15.8. The smallest absolute Gasteiger partial charge is 0.165 e. The number of nitrogens with one attached hydrogen (secondary N) is 1. The van der Waals surface area contributed by atoms with Gasteiger partial charge in [-0.25, -0.2) is 4.39 Å². The molecule has 1 aliphatic rings. The molecule has 0 spiro atoms. The molecule has 1 atom stereocenters. The molecule has 0 fully saturated rings. The highest BCUT2D eigenvalue weighted by molar-refractivity contribution is 6.10. The molecular weight excluding hydrogens is 353 g/mol. The number of para-hydroxylation sites is 1. The van der Waals surface area contributed by atoms with Crippen LogP contribution >= 0.6 is 0 Å². The van der Waals surface area contributed by atoms with Gasteiger partial charge in [0, 0.05) is 28.8 Å². The van der Waals surface area contributed by atoms with Crippen LogP contribution in [0.1, 0.15) is 41.4 Å². The van der Waals surface area contributed by atoms with Crippen LogP contribution in [0.15, 0.2) is 42.5 Å². The van der Waals surface area contributed by atoms with E-state index in [0.717, 1.165) is 47.2 Å². The quantitative estimate of drug-likeness (QED) is 0.541. The maximum absolute atomic E-state index is 14.2. The second-order valence-corrected chi connectivity index (χ2v) is 7.49. The number of aryl methyl sites for hydroxylation is 1. The molecule has 0 saturated carbocycles. The number of hydrogen-bond acceptors (Lipinski definition) is 3. The van der Waals surface area contributed by atoms with E-state index < -0.39 is 0 Å². The lowest BCUT2D eigenvalue weighted by Crippen LogP contribution is -2.20. The summed E-state index contributed by atoms with van der Waals surface area (Å²) in [6, 6.07) is 13.3. The largest absolute Gasteiger partial charge is 0.494 e. The van der Waals surface area contributed by atoms with Crippen molar-refractivity contribution in [1.29, 1.82) is 0 Å². The topological polar surface area (TPSA) is 63.9 Å². The highest BCUT2D eigenvalue weighted by Gasteiger charge is 2.25. The van der Waals surface area contributed by atoms with Crippen molar-refractivity contribution in [3.63, 3.8) is 0 Å². The summed E-state index contributed by atoms with van der Waals surface area (Å²) in [4.78, 5) is 8.52. The molecule has 1 aliphatic carbocycles. The Balaban J connectivity index is 1.73. The third kappa shape index (κ3) is 2.66. The lowest BCUT2D eigenvalue weighted by Gasteiger charge is -2.23. The number of fused-ring (bicyclic) bond motifs is 5. The zero-order chi connectivity index (χ0) is 19.3. The van der Waals surface area contributed by atoms with Crippen LogP contribution in [0.5, 0.6) is 5.75 Å². The van der Waals surface area contributed by atoms with Crippen molar-refractivity contribution < 1.29 is 9.13 Å². The zero-order valence-corrected chi connectivity index (χ0v) is 15.8. The van der Waals surface area contributed by atoms with Gasteiger partial charge in [0.2, 0.25) is 0 Å². The average molecular weight is 375 g/mol. The summed E-state index contributed by atoms with van der Waals surface area (Å²) in [7, 11) is 1.47. The molecule has 5 rings (SSSR count). The lowest BCUT2D eigenvalue weighted by molar-refractivity contribution is 0.386. The SMILES string of the molecule is COc1ccc(Cc2nc3c(c4c2[nH]c2ccccc24)CCCC3N)cc1F. The lowest BCUT2D eigenvalue weighted by atomic mass is 9.88. The summed E-state index contributed by atoms with van der Waals surface area (Å²) in [6.07, 6.45) is 3.55. The van der Waals surface area contributed by atoms with Crippen LogP contribution in [0, 0.1) is 5.82 Å². The van der Waals surface area contributed by atoms with Crippen molar-refractivity contribution in [3.05, 3.63) is 70.8 Å². The Morgan fingerprint density at radius 2 is 2.11 bits per heavy atom. The van der Waals surface area contributed by atoms with E-state index in [4.69, 9.17) is 15.5 Å². The molecule has 142 valence electrons. The van der Waals surface area contributed by atoms with E-state index >= 15 is 0 Å². The van der Waals surface area contributed by atoms with Gasteiger partial charge in [-0.05, 0) is 48.6 Å². The van der Waals surface area contributed by atoms with Crippen molar-refractivity contribution in [2.45, 2.75) is 31.7 Å². The van der Waals surface area contributed by atoms with Gasteiger partial charge in [-0.3, -0.25) is 4.98 Å². The maximum atomic E-state index is 14.2. The first-order chi connectivity index (χ1) is 13.7. The molecule has 0 radical (unpaired) electrons. The highest BCUT2D eigenvalue weighted by Crippen LogP contribution is 2.38. The van der Waals surface area contributed by atoms with Gasteiger partial charge in [0.1, 0.15) is 0 Å². The Morgan fingerprint density at radius 3 is 2.93 bits per heavy atom. The Hall–Kier alpha value is -2.92. The molecule has 4 nitrogen and oxygen atoms in total. The van der Waals surface area contributed by atoms with E-state index in [1.54, 1.807) is 6.07 Å². The van der Waals surface area contributed by atoms with Crippen molar-refractivity contribution in [3.8, 4) is 5.75 Å². The summed E-state index contributed by atoms with van der Waals surface area (Å²) in [6.45, 7) is 0. The third-order valence-corrected chi connectivity index (χ3v) is 5.74. The molecule has 0 aliphatic heterocycles. The number of H-pyrrole nitrogens is 1. The molecule has 0 amide bonds. The molecule has 4 aromatic rings. The van der Waals surface area contributed by atoms with Gasteiger partial charge in [0.25, 0.3) is 0 Å². The van der Waals surface area contributed by atoms with E-state index in [2.05, 4.69) is 23.2 Å². The number of rotatable bonds is 3. The van der Waals surface area contributed by atoms with Crippen LogP contribution in [-0.2, 0) is 12.8 Å². The number of aromatic amines is 1. The van der Waals surface area contributed by atoms with E-state index in [0.29, 0.717) is 6.42 Å². The van der Waals surface area contributed by atoms with E-state index in [9.17, 15) is 4.39 Å². The second-order valence-electron chi connectivity index (χ2n) is 7.49. The van der Waals surface area contributed by atoms with Gasteiger partial charge in [-0.1, -0.05) is 24.3 Å². The molecule has 28 heavy (non-hydrogen) atoms. The minimum absolute atomic E-state index is 0.0480. The van der Waals surface area contributed by atoms with Crippen LogP contribution in [0.4, 0.5) is 4.39 Å². The normalized spacial score (nSPS) is 16.5. The fourth-order valence-electron chi connectivity index (χ4n) is 4.41. The molecule has 5 heteroatoms. The summed E-state index contributed by atoms with van der Waals surface area (Å²) in [5.41, 5.74) is 12.6. The predicted molar refractivity (Wildman–Crippen MR) is 109 cm³/mol. The van der Waals surface area contributed by atoms with Crippen LogP contribution in [0.3, 0.4) is 0 Å². The first-order valence-corrected chi connectivity index (χ1v) is 9.65. The number of hydrogen-bond donors (Lipinski definition) is 2. The number of benzene rings is 2. The molecule has 2 aromatic carbocycles. The van der Waals surface area contributed by atoms with Crippen LogP contribution in [0.2, 0.25) is 0 Å². The standard InChI is InChI=1S/C23H22FN3O/c1-28-20-10-9-13(11-16(20)24)12-19-23-21(14-5-2-3-8-18(14)26-23)15-6-4-7-17(25)22(15)27-19/h2-3,5,8-11,17,26H,4,6-7,12,25H2,1H3. The number of halogens is 1. The first kappa shape index (κ1) is 17.2. The second kappa shape index (κ2) is 6.60. The Labute approximate surface area is 162 Å². The van der Waals surface area contributed by atoms with Gasteiger partial charge in [0.05, 0.1) is 24.0 Å². The third-order valence-electron chi connectivity index (χ3n) is 5.74. The number of pyridine rings is 1. The molecule has 2 aromatic heterocycles. The Bertz CT molecular complexity index is 1200. The Kier molecular flexibility index (Phi) is 4.05. The van der Waals surface area contributed by atoms with E-state index in [-0.39, 0.29) is 17.6 Å². The van der Waals surface area contributed by atoms with Gasteiger partial charge < -0.3 is 15.5 Å². The number of nitrogens with zero attached hydrogens (tertiary/aromatic N) is 1. The van der Waals surface area contributed by atoms with Crippen LogP contribution in [-0.4, -0.2) is 17.1 Å². The molecule has 0 bridgehead atoms. The summed E-state index contributed by atoms with van der Waals surface area (Å²) < 4.78 is 19.2. The van der Waals surface area contributed by atoms with Crippen LogP contribution in [0.25, 0.3) is 21.8 Å². The fourth-order valence-corrected chi connectivity index (χ4v) is 4.41. The average Bonchev–Trinajstić information content (AvgIpc) is 3.09. The highest BCUT2D eigenvalue weighted by atomic mass is 19.1. The monoisotopic (exact) mass is 375 g/mol. The molecule has 1 unspecified atom stereocenters. The van der Waals surface area contributed by atoms with Gasteiger partial charge in [-0.15, -0.1) is 0 Å². The fraction of sp³-hybridized carbons (Fsp3) is 0.261.